The number of nitrogens with one attached hydrogen (secondary N) is 1. The van der Waals surface area contributed by atoms with Crippen LogP contribution in [0.5, 0.6) is 0 Å². The molecule has 1 heterocycles. The summed E-state index contributed by atoms with van der Waals surface area (Å²) in [5.74, 6) is 1.07. The summed E-state index contributed by atoms with van der Waals surface area (Å²) in [4.78, 5) is 39.2. The molecule has 3 aliphatic rings. The largest absolute Gasteiger partial charge is 0.461 e. The van der Waals surface area contributed by atoms with E-state index in [1.54, 1.807) is 0 Å². The van der Waals surface area contributed by atoms with Gasteiger partial charge in [-0.25, -0.2) is 0 Å². The number of hydrogen-bond donors (Lipinski definition) is 1. The van der Waals surface area contributed by atoms with E-state index in [1.807, 2.05) is 11.8 Å². The highest BCUT2D eigenvalue weighted by molar-refractivity contribution is 5.78. The molecule has 6 heteroatoms. The lowest BCUT2D eigenvalue weighted by atomic mass is 9.86. The van der Waals surface area contributed by atoms with Gasteiger partial charge in [0.1, 0.15) is 6.10 Å². The Morgan fingerprint density at radius 3 is 1.97 bits per heavy atom. The van der Waals surface area contributed by atoms with Crippen LogP contribution in [-0.4, -0.2) is 48.4 Å². The van der Waals surface area contributed by atoms with Crippen LogP contribution >= 0.6 is 0 Å². The van der Waals surface area contributed by atoms with Crippen molar-refractivity contribution >= 4 is 17.8 Å². The van der Waals surface area contributed by atoms with Crippen molar-refractivity contribution in [3.8, 4) is 0 Å². The summed E-state index contributed by atoms with van der Waals surface area (Å²) >= 11 is 0. The lowest BCUT2D eigenvalue weighted by Crippen LogP contribution is -2.42. The SMILES string of the molecule is CC(CNC(=O)CC1CCCCC1)OC(=O)C1CCN(C(=O)CC2CCCCC2)CC1. The Morgan fingerprint density at radius 1 is 0.839 bits per heavy atom. The van der Waals surface area contributed by atoms with Gasteiger partial charge in [-0.3, -0.25) is 14.4 Å². The fourth-order valence-corrected chi connectivity index (χ4v) is 5.45. The summed E-state index contributed by atoms with van der Waals surface area (Å²) in [7, 11) is 0. The molecule has 1 aliphatic heterocycles. The molecule has 6 nitrogen and oxygen atoms in total. The molecule has 0 aromatic rings. The smallest absolute Gasteiger partial charge is 0.309 e. The second-order valence-electron chi connectivity index (χ2n) is 10.1. The number of rotatable bonds is 8. The van der Waals surface area contributed by atoms with Gasteiger partial charge in [0, 0.05) is 25.9 Å². The Hall–Kier alpha value is -1.59. The van der Waals surface area contributed by atoms with Crippen molar-refractivity contribution in [1.82, 2.24) is 10.2 Å². The number of amides is 2. The zero-order valence-electron chi connectivity index (χ0n) is 19.4. The number of piperidine rings is 1. The Kier molecular flexibility index (Phi) is 9.66. The topological polar surface area (TPSA) is 75.7 Å². The molecule has 3 rings (SSSR count). The van der Waals surface area contributed by atoms with Gasteiger partial charge in [-0.2, -0.15) is 0 Å². The minimum Gasteiger partial charge on any atom is -0.461 e. The van der Waals surface area contributed by atoms with Crippen LogP contribution in [0, 0.1) is 17.8 Å². The predicted molar refractivity (Wildman–Crippen MR) is 120 cm³/mol. The van der Waals surface area contributed by atoms with E-state index in [-0.39, 0.29) is 29.8 Å². The molecule has 0 aromatic carbocycles. The van der Waals surface area contributed by atoms with Crippen molar-refractivity contribution < 1.29 is 19.1 Å². The fourth-order valence-electron chi connectivity index (χ4n) is 5.45. The van der Waals surface area contributed by atoms with Crippen LogP contribution in [0.2, 0.25) is 0 Å². The molecule has 0 radical (unpaired) electrons. The van der Waals surface area contributed by atoms with E-state index in [0.717, 1.165) is 12.8 Å². The van der Waals surface area contributed by atoms with Crippen molar-refractivity contribution in [3.05, 3.63) is 0 Å². The maximum absolute atomic E-state index is 12.6. The lowest BCUT2D eigenvalue weighted by Gasteiger charge is -2.33. The number of esters is 1. The average Bonchev–Trinajstić information content (AvgIpc) is 2.79. The highest BCUT2D eigenvalue weighted by Crippen LogP contribution is 2.28. The minimum atomic E-state index is -0.325. The molecule has 31 heavy (non-hydrogen) atoms. The Morgan fingerprint density at radius 2 is 1.39 bits per heavy atom. The van der Waals surface area contributed by atoms with Crippen LogP contribution in [0.15, 0.2) is 0 Å². The molecule has 1 atom stereocenters. The summed E-state index contributed by atoms with van der Waals surface area (Å²) < 4.78 is 5.59. The van der Waals surface area contributed by atoms with Gasteiger partial charge in [0.05, 0.1) is 12.5 Å². The third kappa shape index (κ3) is 8.12. The quantitative estimate of drug-likeness (QED) is 0.581. The van der Waals surface area contributed by atoms with Crippen molar-refractivity contribution in [2.24, 2.45) is 17.8 Å². The Balaban J connectivity index is 1.29. The lowest BCUT2D eigenvalue weighted by molar-refractivity contribution is -0.156. The molecule has 2 amide bonds. The third-order valence-corrected chi connectivity index (χ3v) is 7.47. The Labute approximate surface area is 187 Å². The number of carbonyl (C=O) groups is 3. The number of carbonyl (C=O) groups excluding carboxylic acids is 3. The standard InChI is InChI=1S/C25H42N2O4/c1-19(18-26-23(28)16-20-8-4-2-5-9-20)31-25(30)22-12-14-27(15-13-22)24(29)17-21-10-6-3-7-11-21/h19-22H,2-18H2,1H3,(H,26,28). The molecule has 2 aliphatic carbocycles. The molecule has 2 saturated carbocycles. The summed E-state index contributed by atoms with van der Waals surface area (Å²) in [6, 6.07) is 0. The van der Waals surface area contributed by atoms with E-state index in [0.29, 0.717) is 57.2 Å². The van der Waals surface area contributed by atoms with Gasteiger partial charge < -0.3 is 15.0 Å². The van der Waals surface area contributed by atoms with Crippen molar-refractivity contribution in [2.45, 2.75) is 103 Å². The third-order valence-electron chi connectivity index (χ3n) is 7.47. The molecule has 0 spiro atoms. The average molecular weight is 435 g/mol. The molecule has 1 saturated heterocycles. The molecule has 1 unspecified atom stereocenters. The Bertz CT molecular complexity index is 588. The summed E-state index contributed by atoms with van der Waals surface area (Å²) in [6.07, 6.45) is 14.5. The van der Waals surface area contributed by atoms with E-state index in [4.69, 9.17) is 4.74 Å². The highest BCUT2D eigenvalue weighted by Gasteiger charge is 2.30. The van der Waals surface area contributed by atoms with Crippen LogP contribution < -0.4 is 5.32 Å². The maximum atomic E-state index is 12.6. The number of ether oxygens (including phenoxy) is 1. The van der Waals surface area contributed by atoms with Gasteiger partial charge in [-0.15, -0.1) is 0 Å². The highest BCUT2D eigenvalue weighted by atomic mass is 16.5. The van der Waals surface area contributed by atoms with E-state index >= 15 is 0 Å². The first kappa shape index (κ1) is 24.1. The number of hydrogen-bond acceptors (Lipinski definition) is 4. The predicted octanol–water partition coefficient (Wildman–Crippen LogP) is 4.21. The first-order valence-electron chi connectivity index (χ1n) is 12.8. The van der Waals surface area contributed by atoms with Gasteiger partial charge in [0.25, 0.3) is 0 Å². The second kappa shape index (κ2) is 12.4. The fraction of sp³-hybridized carbons (Fsp3) is 0.880. The van der Waals surface area contributed by atoms with Crippen molar-refractivity contribution in [3.63, 3.8) is 0 Å². The zero-order valence-corrected chi connectivity index (χ0v) is 19.4. The summed E-state index contributed by atoms with van der Waals surface area (Å²) in [6.45, 7) is 3.51. The van der Waals surface area contributed by atoms with Crippen LogP contribution in [0.3, 0.4) is 0 Å². The first-order valence-corrected chi connectivity index (χ1v) is 12.8. The van der Waals surface area contributed by atoms with Gasteiger partial charge in [-0.05, 0) is 57.3 Å². The molecular formula is C25H42N2O4. The van der Waals surface area contributed by atoms with Crippen LogP contribution in [0.25, 0.3) is 0 Å². The van der Waals surface area contributed by atoms with Gasteiger partial charge >= 0.3 is 5.97 Å². The molecule has 176 valence electrons. The van der Waals surface area contributed by atoms with E-state index in [2.05, 4.69) is 5.32 Å². The van der Waals surface area contributed by atoms with Crippen LogP contribution in [0.1, 0.15) is 96.8 Å². The zero-order chi connectivity index (χ0) is 22.1. The van der Waals surface area contributed by atoms with Crippen molar-refractivity contribution in [2.75, 3.05) is 19.6 Å². The van der Waals surface area contributed by atoms with Crippen molar-refractivity contribution in [1.29, 1.82) is 0 Å². The van der Waals surface area contributed by atoms with E-state index in [9.17, 15) is 14.4 Å². The van der Waals surface area contributed by atoms with E-state index < -0.39 is 0 Å². The van der Waals surface area contributed by atoms with Gasteiger partial charge in [-0.1, -0.05) is 38.5 Å². The molecule has 3 fully saturated rings. The van der Waals surface area contributed by atoms with Gasteiger partial charge in [0.15, 0.2) is 0 Å². The van der Waals surface area contributed by atoms with E-state index in [1.165, 1.54) is 51.4 Å². The summed E-state index contributed by atoms with van der Waals surface area (Å²) in [5.41, 5.74) is 0. The maximum Gasteiger partial charge on any atom is 0.309 e. The van der Waals surface area contributed by atoms with Crippen LogP contribution in [0.4, 0.5) is 0 Å². The number of nitrogens with zero attached hydrogens (tertiary/aromatic N) is 1. The molecule has 1 N–H and O–H groups in total. The van der Waals surface area contributed by atoms with Crippen LogP contribution in [-0.2, 0) is 19.1 Å². The van der Waals surface area contributed by atoms with Gasteiger partial charge in [0.2, 0.25) is 11.8 Å². The molecule has 0 aromatic heterocycles. The number of likely N-dealkylation sites (tertiary alicyclic amines) is 1. The first-order chi connectivity index (χ1) is 15.0. The molecule has 0 bridgehead atoms. The molecular weight excluding hydrogens is 392 g/mol. The minimum absolute atomic E-state index is 0.0691. The normalized spacial score (nSPS) is 22.7. The monoisotopic (exact) mass is 434 g/mol. The second-order valence-corrected chi connectivity index (χ2v) is 10.1. The summed E-state index contributed by atoms with van der Waals surface area (Å²) in [5, 5.41) is 2.93.